The summed E-state index contributed by atoms with van der Waals surface area (Å²) in [5, 5.41) is 5.87. The van der Waals surface area contributed by atoms with Gasteiger partial charge in [-0.2, -0.15) is 0 Å². The van der Waals surface area contributed by atoms with Crippen LogP contribution in [0.4, 0.5) is 9.59 Å². The van der Waals surface area contributed by atoms with Crippen LogP contribution in [0.1, 0.15) is 0 Å². The minimum atomic E-state index is -0.668. The van der Waals surface area contributed by atoms with Crippen molar-refractivity contribution in [2.45, 2.75) is 0 Å². The van der Waals surface area contributed by atoms with Gasteiger partial charge in [-0.1, -0.05) is 0 Å². The van der Waals surface area contributed by atoms with Gasteiger partial charge >= 0.3 is 12.1 Å². The summed E-state index contributed by atoms with van der Waals surface area (Å²) in [5.74, 6) is 0. The van der Waals surface area contributed by atoms with Gasteiger partial charge in [-0.25, -0.2) is 0 Å². The maximum Gasteiger partial charge on any atom is 0.310 e. The highest BCUT2D eigenvalue weighted by atomic mass is 16.2. The summed E-state index contributed by atoms with van der Waals surface area (Å²) in [7, 11) is 0. The van der Waals surface area contributed by atoms with E-state index in [1.165, 1.54) is 9.80 Å². The van der Waals surface area contributed by atoms with Crippen LogP contribution in [0, 0.1) is 0 Å². The van der Waals surface area contributed by atoms with Crippen molar-refractivity contribution in [1.29, 1.82) is 0 Å². The highest BCUT2D eigenvalue weighted by molar-refractivity contribution is 5.77. The molecule has 84 valence electrons. The quantitative estimate of drug-likeness (QED) is 0.349. The fourth-order valence-corrected chi connectivity index (χ4v) is 1.29. The second-order valence-corrected chi connectivity index (χ2v) is 2.92. The highest BCUT2D eigenvalue weighted by Gasteiger charge is 2.22. The molecule has 4 amide bonds. The van der Waals surface area contributed by atoms with E-state index in [2.05, 4.69) is 20.1 Å². The van der Waals surface area contributed by atoms with Gasteiger partial charge in [0.1, 0.15) is 0 Å². The fraction of sp³-hybridized carbons (Fsp3) is 0.667. The Balaban J connectivity index is 2.51. The molecule has 0 spiro atoms. The number of carbonyl (C=O) groups excluding carboxylic acids is 2. The van der Waals surface area contributed by atoms with Crippen LogP contribution in [-0.4, -0.2) is 48.0 Å². The minimum Gasteiger partial charge on any atom is -0.334 e. The fourth-order valence-electron chi connectivity index (χ4n) is 1.29. The van der Waals surface area contributed by atoms with E-state index in [1.54, 1.807) is 0 Å². The van der Waals surface area contributed by atoms with E-state index in [9.17, 15) is 9.59 Å². The Morgan fingerprint density at radius 1 is 0.875 bits per heavy atom. The Morgan fingerprint density at radius 2 is 1.19 bits per heavy atom. The van der Waals surface area contributed by atoms with Crippen molar-refractivity contribution < 1.29 is 9.59 Å². The average Bonchev–Trinajstić information content (AvgIpc) is 2.30. The Bertz CT molecular complexity index is 347. The lowest BCUT2D eigenvalue weighted by atomic mass is 10.3. The summed E-state index contributed by atoms with van der Waals surface area (Å²) >= 11 is 0. The van der Waals surface area contributed by atoms with E-state index >= 15 is 0 Å². The van der Waals surface area contributed by atoms with Crippen LogP contribution < -0.4 is 0 Å². The van der Waals surface area contributed by atoms with Crippen molar-refractivity contribution in [2.24, 2.45) is 10.2 Å². The molecule has 0 atom stereocenters. The molecule has 1 rings (SSSR count). The average molecular weight is 224 g/mol. The molecular weight excluding hydrogens is 216 g/mol. The van der Waals surface area contributed by atoms with Crippen LogP contribution >= 0.6 is 0 Å². The second-order valence-electron chi connectivity index (χ2n) is 2.92. The van der Waals surface area contributed by atoms with Crippen LogP contribution in [0.2, 0.25) is 0 Å². The number of rotatable bonds is 0. The summed E-state index contributed by atoms with van der Waals surface area (Å²) in [6, 6.07) is -1.34. The van der Waals surface area contributed by atoms with Gasteiger partial charge in [-0.05, 0) is 11.1 Å². The number of amides is 4. The third-order valence-corrected chi connectivity index (χ3v) is 2.08. The Labute approximate surface area is 89.7 Å². The maximum atomic E-state index is 11.1. The third kappa shape index (κ3) is 2.77. The molecule has 0 N–H and O–H groups in total. The number of carbonyl (C=O) groups is 2. The molecule has 1 aliphatic heterocycles. The largest absolute Gasteiger partial charge is 0.334 e. The van der Waals surface area contributed by atoms with E-state index < -0.39 is 12.1 Å². The zero-order valence-electron chi connectivity index (χ0n) is 8.22. The first-order valence-corrected chi connectivity index (χ1v) is 4.37. The van der Waals surface area contributed by atoms with Gasteiger partial charge in [0.05, 0.1) is 0 Å². The van der Waals surface area contributed by atoms with Gasteiger partial charge in [0, 0.05) is 46.2 Å². The van der Waals surface area contributed by atoms with Crippen molar-refractivity contribution in [3.63, 3.8) is 0 Å². The number of azide groups is 2. The molecular formula is C6H8N8O2. The molecule has 0 aromatic heterocycles. The summed E-state index contributed by atoms with van der Waals surface area (Å²) in [6.45, 7) is 1.02. The van der Waals surface area contributed by atoms with Crippen LogP contribution in [0.25, 0.3) is 20.9 Å². The van der Waals surface area contributed by atoms with Crippen LogP contribution in [0.15, 0.2) is 10.2 Å². The van der Waals surface area contributed by atoms with Crippen LogP contribution in [-0.2, 0) is 0 Å². The summed E-state index contributed by atoms with van der Waals surface area (Å²) in [5.41, 5.74) is 16.1. The lowest BCUT2D eigenvalue weighted by Crippen LogP contribution is -2.49. The van der Waals surface area contributed by atoms with E-state index in [1.807, 2.05) is 0 Å². The second kappa shape index (κ2) is 5.44. The molecule has 0 aliphatic carbocycles. The third-order valence-electron chi connectivity index (χ3n) is 2.08. The standard InChI is InChI=1S/C6H8N8O2/c7-11-9-5(15)13-1-2-14(4-3-13)6(16)10-12-8/h1-4H2. The first-order chi connectivity index (χ1) is 7.69. The van der Waals surface area contributed by atoms with Crippen LogP contribution in [0.3, 0.4) is 0 Å². The normalized spacial score (nSPS) is 14.8. The number of urea groups is 2. The predicted molar refractivity (Wildman–Crippen MR) is 52.2 cm³/mol. The van der Waals surface area contributed by atoms with Crippen molar-refractivity contribution >= 4 is 12.1 Å². The van der Waals surface area contributed by atoms with Gasteiger partial charge in [-0.15, -0.1) is 0 Å². The molecule has 1 aliphatic rings. The topological polar surface area (TPSA) is 138 Å². The molecule has 0 aromatic carbocycles. The SMILES string of the molecule is [N-]=[N+]=NC(=O)N1CCN(C(=O)N=[N+]=[N-])CC1. The molecule has 0 radical (unpaired) electrons. The Morgan fingerprint density at radius 3 is 1.44 bits per heavy atom. The zero-order chi connectivity index (χ0) is 12.0. The van der Waals surface area contributed by atoms with Crippen LogP contribution in [0.5, 0.6) is 0 Å². The molecule has 10 heteroatoms. The Kier molecular flexibility index (Phi) is 3.96. The minimum absolute atomic E-state index is 0.255. The molecule has 1 heterocycles. The Hall–Kier alpha value is -2.44. The molecule has 0 aromatic rings. The van der Waals surface area contributed by atoms with Gasteiger partial charge in [-0.3, -0.25) is 9.59 Å². The lowest BCUT2D eigenvalue weighted by Gasteiger charge is -2.32. The van der Waals surface area contributed by atoms with Crippen molar-refractivity contribution in [3.05, 3.63) is 20.9 Å². The molecule has 0 saturated carbocycles. The number of piperazine rings is 1. The molecule has 10 nitrogen and oxygen atoms in total. The molecule has 16 heavy (non-hydrogen) atoms. The summed E-state index contributed by atoms with van der Waals surface area (Å²) < 4.78 is 0. The molecule has 1 saturated heterocycles. The first-order valence-electron chi connectivity index (χ1n) is 4.37. The zero-order valence-corrected chi connectivity index (χ0v) is 8.22. The van der Waals surface area contributed by atoms with Crippen molar-refractivity contribution in [2.75, 3.05) is 26.2 Å². The van der Waals surface area contributed by atoms with E-state index in [0.29, 0.717) is 0 Å². The number of hydrogen-bond donors (Lipinski definition) is 0. The van der Waals surface area contributed by atoms with Gasteiger partial charge in [0.15, 0.2) is 0 Å². The first kappa shape index (κ1) is 11.6. The van der Waals surface area contributed by atoms with Crippen molar-refractivity contribution in [3.8, 4) is 0 Å². The number of nitrogens with zero attached hydrogens (tertiary/aromatic N) is 8. The van der Waals surface area contributed by atoms with Gasteiger partial charge in [0.25, 0.3) is 0 Å². The summed E-state index contributed by atoms with van der Waals surface area (Å²) in [6.07, 6.45) is 0. The smallest absolute Gasteiger partial charge is 0.310 e. The predicted octanol–water partition coefficient (Wildman–Crippen LogP) is 1.46. The van der Waals surface area contributed by atoms with E-state index in [-0.39, 0.29) is 26.2 Å². The molecule has 0 bridgehead atoms. The lowest BCUT2D eigenvalue weighted by molar-refractivity contribution is 0.152. The molecule has 1 fully saturated rings. The summed E-state index contributed by atoms with van der Waals surface area (Å²) in [4.78, 5) is 29.6. The van der Waals surface area contributed by atoms with E-state index in [4.69, 9.17) is 11.1 Å². The van der Waals surface area contributed by atoms with E-state index in [0.717, 1.165) is 0 Å². The maximum absolute atomic E-state index is 11.1. The van der Waals surface area contributed by atoms with Gasteiger partial charge < -0.3 is 9.80 Å². The molecule has 0 unspecified atom stereocenters. The monoisotopic (exact) mass is 224 g/mol. The van der Waals surface area contributed by atoms with Gasteiger partial charge in [0.2, 0.25) is 0 Å². The highest BCUT2D eigenvalue weighted by Crippen LogP contribution is 2.05. The number of hydrogen-bond acceptors (Lipinski definition) is 2. The van der Waals surface area contributed by atoms with Crippen molar-refractivity contribution in [1.82, 2.24) is 9.80 Å².